The lowest BCUT2D eigenvalue weighted by Gasteiger charge is -2.09. The van der Waals surface area contributed by atoms with Crippen molar-refractivity contribution in [2.24, 2.45) is 5.73 Å². The third kappa shape index (κ3) is 1.74. The molecule has 0 bridgehead atoms. The molecular weight excluding hydrogens is 150 g/mol. The topological polar surface area (TPSA) is 43.8 Å². The zero-order valence-corrected chi connectivity index (χ0v) is 7.40. The zero-order valence-electron chi connectivity index (χ0n) is 7.40. The molecule has 1 aromatic heterocycles. The van der Waals surface area contributed by atoms with Crippen LogP contribution in [-0.2, 0) is 0 Å². The molecule has 3 nitrogen and oxygen atoms in total. The van der Waals surface area contributed by atoms with Crippen LogP contribution in [0.3, 0.4) is 0 Å². The van der Waals surface area contributed by atoms with E-state index in [1.54, 1.807) is 17.1 Å². The van der Waals surface area contributed by atoms with E-state index >= 15 is 0 Å². The van der Waals surface area contributed by atoms with Crippen LogP contribution in [0.25, 0.3) is 6.20 Å². The van der Waals surface area contributed by atoms with Crippen molar-refractivity contribution in [1.82, 2.24) is 9.78 Å². The molecule has 1 atom stereocenters. The predicted octanol–water partition coefficient (Wildman–Crippen LogP) is 1.44. The molecule has 3 heteroatoms. The fraction of sp³-hybridized carbons (Fsp3) is 0.444. The average molecular weight is 165 g/mol. The van der Waals surface area contributed by atoms with Gasteiger partial charge in [-0.1, -0.05) is 13.5 Å². The molecule has 1 unspecified atom stereocenters. The van der Waals surface area contributed by atoms with E-state index < -0.39 is 0 Å². The molecule has 0 aliphatic heterocycles. The minimum atomic E-state index is 0.454. The smallest absolute Gasteiger partial charge is 0.0496 e. The summed E-state index contributed by atoms with van der Waals surface area (Å²) in [6, 6.07) is 2.00. The molecule has 0 aliphatic rings. The van der Waals surface area contributed by atoms with Gasteiger partial charge in [-0.2, -0.15) is 5.10 Å². The SMILES string of the molecule is C=Cn1nccc1C(C)CCN. The lowest BCUT2D eigenvalue weighted by Crippen LogP contribution is -2.07. The fourth-order valence-corrected chi connectivity index (χ4v) is 1.27. The summed E-state index contributed by atoms with van der Waals surface area (Å²) in [4.78, 5) is 0. The molecule has 0 saturated carbocycles. The molecule has 0 spiro atoms. The maximum Gasteiger partial charge on any atom is 0.0496 e. The largest absolute Gasteiger partial charge is 0.330 e. The molecule has 0 aliphatic carbocycles. The Balaban J connectivity index is 2.78. The minimum absolute atomic E-state index is 0.454. The summed E-state index contributed by atoms with van der Waals surface area (Å²) in [5, 5.41) is 4.10. The maximum atomic E-state index is 5.47. The first-order valence-corrected chi connectivity index (χ1v) is 4.15. The van der Waals surface area contributed by atoms with Crippen LogP contribution in [0.15, 0.2) is 18.8 Å². The van der Waals surface area contributed by atoms with Gasteiger partial charge in [0.15, 0.2) is 0 Å². The van der Waals surface area contributed by atoms with Gasteiger partial charge in [-0.3, -0.25) is 0 Å². The maximum absolute atomic E-state index is 5.47. The Morgan fingerprint density at radius 3 is 3.17 bits per heavy atom. The number of hydrogen-bond acceptors (Lipinski definition) is 2. The van der Waals surface area contributed by atoms with Crippen molar-refractivity contribution >= 4 is 6.20 Å². The highest BCUT2D eigenvalue weighted by Gasteiger charge is 2.07. The second-order valence-corrected chi connectivity index (χ2v) is 2.86. The van der Waals surface area contributed by atoms with E-state index in [0.29, 0.717) is 12.5 Å². The van der Waals surface area contributed by atoms with E-state index in [9.17, 15) is 0 Å². The summed E-state index contributed by atoms with van der Waals surface area (Å²) < 4.78 is 1.79. The van der Waals surface area contributed by atoms with E-state index in [2.05, 4.69) is 18.6 Å². The summed E-state index contributed by atoms with van der Waals surface area (Å²) in [6.45, 7) is 6.53. The Morgan fingerprint density at radius 2 is 2.58 bits per heavy atom. The lowest BCUT2D eigenvalue weighted by molar-refractivity contribution is 0.647. The fourth-order valence-electron chi connectivity index (χ4n) is 1.27. The van der Waals surface area contributed by atoms with E-state index in [1.165, 1.54) is 5.69 Å². The molecule has 0 fully saturated rings. The van der Waals surface area contributed by atoms with Gasteiger partial charge in [0, 0.05) is 18.1 Å². The van der Waals surface area contributed by atoms with Crippen LogP contribution in [0.4, 0.5) is 0 Å². The van der Waals surface area contributed by atoms with Gasteiger partial charge in [-0.15, -0.1) is 0 Å². The van der Waals surface area contributed by atoms with Crippen LogP contribution >= 0.6 is 0 Å². The summed E-state index contributed by atoms with van der Waals surface area (Å²) in [7, 11) is 0. The first-order chi connectivity index (χ1) is 5.79. The molecule has 1 aromatic rings. The van der Waals surface area contributed by atoms with Gasteiger partial charge < -0.3 is 5.73 Å². The lowest BCUT2D eigenvalue weighted by atomic mass is 10.0. The van der Waals surface area contributed by atoms with Crippen molar-refractivity contribution in [3.63, 3.8) is 0 Å². The second-order valence-electron chi connectivity index (χ2n) is 2.86. The first-order valence-electron chi connectivity index (χ1n) is 4.15. The van der Waals surface area contributed by atoms with Crippen molar-refractivity contribution in [2.45, 2.75) is 19.3 Å². The molecule has 1 rings (SSSR count). The van der Waals surface area contributed by atoms with Crippen LogP contribution < -0.4 is 5.73 Å². The molecule has 66 valence electrons. The van der Waals surface area contributed by atoms with Gasteiger partial charge >= 0.3 is 0 Å². The monoisotopic (exact) mass is 165 g/mol. The Morgan fingerprint density at radius 1 is 1.83 bits per heavy atom. The summed E-state index contributed by atoms with van der Waals surface area (Å²) in [5.74, 6) is 0.454. The van der Waals surface area contributed by atoms with Crippen LogP contribution in [0, 0.1) is 0 Å². The Hall–Kier alpha value is -1.09. The number of nitrogens with zero attached hydrogens (tertiary/aromatic N) is 2. The van der Waals surface area contributed by atoms with E-state index in [0.717, 1.165) is 6.42 Å². The normalized spacial score (nSPS) is 12.8. The second kappa shape index (κ2) is 4.07. The molecule has 0 amide bonds. The van der Waals surface area contributed by atoms with Crippen molar-refractivity contribution in [3.8, 4) is 0 Å². The van der Waals surface area contributed by atoms with Gasteiger partial charge in [0.2, 0.25) is 0 Å². The van der Waals surface area contributed by atoms with Gasteiger partial charge in [0.1, 0.15) is 0 Å². The van der Waals surface area contributed by atoms with Gasteiger partial charge in [0.05, 0.1) is 0 Å². The highest BCUT2D eigenvalue weighted by molar-refractivity contribution is 5.22. The highest BCUT2D eigenvalue weighted by atomic mass is 15.3. The predicted molar refractivity (Wildman–Crippen MR) is 50.7 cm³/mol. The van der Waals surface area contributed by atoms with Crippen LogP contribution in [-0.4, -0.2) is 16.3 Å². The molecule has 0 aromatic carbocycles. The molecule has 2 N–H and O–H groups in total. The first kappa shape index (κ1) is 9.00. The van der Waals surface area contributed by atoms with Crippen molar-refractivity contribution in [2.75, 3.05) is 6.54 Å². The van der Waals surface area contributed by atoms with E-state index in [4.69, 9.17) is 5.73 Å². The number of aromatic nitrogens is 2. The molecular formula is C9H15N3. The molecule has 0 saturated heterocycles. The van der Waals surface area contributed by atoms with Crippen LogP contribution in [0.1, 0.15) is 25.0 Å². The Kier molecular flexibility index (Phi) is 3.05. The summed E-state index contributed by atoms with van der Waals surface area (Å²) >= 11 is 0. The quantitative estimate of drug-likeness (QED) is 0.733. The zero-order chi connectivity index (χ0) is 8.97. The van der Waals surface area contributed by atoms with E-state index in [-0.39, 0.29) is 0 Å². The van der Waals surface area contributed by atoms with Gasteiger partial charge in [0.25, 0.3) is 0 Å². The summed E-state index contributed by atoms with van der Waals surface area (Å²) in [6.07, 6.45) is 4.48. The van der Waals surface area contributed by atoms with E-state index in [1.807, 2.05) is 6.07 Å². The third-order valence-corrected chi connectivity index (χ3v) is 1.98. The van der Waals surface area contributed by atoms with Crippen LogP contribution in [0.5, 0.6) is 0 Å². The van der Waals surface area contributed by atoms with Crippen molar-refractivity contribution in [3.05, 3.63) is 24.5 Å². The average Bonchev–Trinajstić information content (AvgIpc) is 2.51. The Labute approximate surface area is 72.9 Å². The summed E-state index contributed by atoms with van der Waals surface area (Å²) in [5.41, 5.74) is 6.65. The third-order valence-electron chi connectivity index (χ3n) is 1.98. The minimum Gasteiger partial charge on any atom is -0.330 e. The van der Waals surface area contributed by atoms with Crippen molar-refractivity contribution < 1.29 is 0 Å². The van der Waals surface area contributed by atoms with Gasteiger partial charge in [-0.05, 0) is 24.9 Å². The number of nitrogens with two attached hydrogens (primary N) is 1. The number of hydrogen-bond donors (Lipinski definition) is 1. The highest BCUT2D eigenvalue weighted by Crippen LogP contribution is 2.17. The standard InChI is InChI=1S/C9H15N3/c1-3-12-9(5-7-11-12)8(2)4-6-10/h3,5,7-8H,1,4,6,10H2,2H3. The Bertz CT molecular complexity index is 252. The molecule has 12 heavy (non-hydrogen) atoms. The molecule has 0 radical (unpaired) electrons. The number of rotatable bonds is 4. The van der Waals surface area contributed by atoms with Crippen molar-refractivity contribution in [1.29, 1.82) is 0 Å². The molecule has 1 heterocycles. The van der Waals surface area contributed by atoms with Gasteiger partial charge in [-0.25, -0.2) is 4.68 Å². The van der Waals surface area contributed by atoms with Crippen LogP contribution in [0.2, 0.25) is 0 Å².